The second-order valence-corrected chi connectivity index (χ2v) is 14.0. The molecule has 3 aromatic carbocycles. The van der Waals surface area contributed by atoms with Gasteiger partial charge in [0.2, 0.25) is 5.43 Å². The van der Waals surface area contributed by atoms with Crippen LogP contribution in [0.2, 0.25) is 0 Å². The average molecular weight is 624 g/mol. The molecule has 3 atom stereocenters. The molecule has 0 amide bonds. The number of ketones is 1. The lowest BCUT2D eigenvalue weighted by Gasteiger charge is -2.53. The van der Waals surface area contributed by atoms with E-state index in [4.69, 9.17) is 9.47 Å². The summed E-state index contributed by atoms with van der Waals surface area (Å²) in [4.78, 5) is 52.8. The van der Waals surface area contributed by atoms with Crippen LogP contribution in [-0.4, -0.2) is 29.9 Å². The first kappa shape index (κ1) is 28.5. The number of hydrogen-bond acceptors (Lipinski definition) is 6. The third kappa shape index (κ3) is 4.31. The lowest BCUT2D eigenvalue weighted by molar-refractivity contribution is -0.167. The number of halogens is 3. The largest absolute Gasteiger partial charge is 0.493 e. The van der Waals surface area contributed by atoms with Crippen LogP contribution in [0.5, 0.6) is 11.5 Å². The molecule has 11 heteroatoms. The van der Waals surface area contributed by atoms with Gasteiger partial charge >= 0.3 is 18.1 Å². The van der Waals surface area contributed by atoms with E-state index in [0.29, 0.717) is 24.0 Å². The molecule has 226 valence electrons. The molecule has 8 rings (SSSR count). The van der Waals surface area contributed by atoms with E-state index >= 15 is 0 Å². The van der Waals surface area contributed by atoms with Gasteiger partial charge in [-0.25, -0.2) is 4.79 Å². The third-order valence-corrected chi connectivity index (χ3v) is 11.8. The number of rotatable bonds is 5. The number of ether oxygens (including phenoxy) is 2. The van der Waals surface area contributed by atoms with E-state index in [1.807, 2.05) is 0 Å². The lowest BCUT2D eigenvalue weighted by Crippen LogP contribution is -2.55. The summed E-state index contributed by atoms with van der Waals surface area (Å²) in [5.74, 6) is -1.73. The van der Waals surface area contributed by atoms with Crippen molar-refractivity contribution in [3.05, 3.63) is 75.9 Å². The van der Waals surface area contributed by atoms with Crippen molar-refractivity contribution in [2.24, 2.45) is 23.2 Å². The van der Waals surface area contributed by atoms with Gasteiger partial charge in [-0.05, 0) is 68.4 Å². The van der Waals surface area contributed by atoms with Gasteiger partial charge in [0.1, 0.15) is 11.3 Å². The number of carboxylic acids is 1. The Hall–Kier alpha value is -4.25. The number of aromatic carboxylic acids is 1. The van der Waals surface area contributed by atoms with Gasteiger partial charge in [0.25, 0.3) is 0 Å². The van der Waals surface area contributed by atoms with Crippen LogP contribution >= 0.6 is 10.5 Å². The van der Waals surface area contributed by atoms with E-state index in [2.05, 4.69) is 0 Å². The van der Waals surface area contributed by atoms with Gasteiger partial charge in [0.05, 0.1) is 28.9 Å². The molecule has 4 bridgehead atoms. The molecule has 1 N–H and O–H groups in total. The monoisotopic (exact) mass is 623 g/mol. The summed E-state index contributed by atoms with van der Waals surface area (Å²) >= 11 is 0. The Balaban J connectivity index is 1.43. The maximum Gasteiger partial charge on any atom is 0.416 e. The number of carboxylic acid groups (broad SMARTS) is 1. The molecule has 7 nitrogen and oxygen atoms in total. The van der Waals surface area contributed by atoms with E-state index in [0.717, 1.165) is 25.0 Å². The molecule has 1 heterocycles. The maximum absolute atomic E-state index is 13.9. The Morgan fingerprint density at radius 1 is 0.909 bits per heavy atom. The molecule has 3 unspecified atom stereocenters. The molecule has 0 spiro atoms. The quantitative estimate of drug-likeness (QED) is 0.109. The summed E-state index contributed by atoms with van der Waals surface area (Å²) in [5, 5.41) is 10.2. The van der Waals surface area contributed by atoms with Crippen LogP contribution in [0.4, 0.5) is 13.2 Å². The van der Waals surface area contributed by atoms with E-state index in [9.17, 15) is 37.5 Å². The zero-order valence-corrected chi connectivity index (χ0v) is 24.2. The molecule has 1 aromatic heterocycles. The number of fused-ring (bicyclic) bond motifs is 2. The van der Waals surface area contributed by atoms with Crippen molar-refractivity contribution in [3.63, 3.8) is 0 Å². The molecule has 4 aliphatic rings. The minimum Gasteiger partial charge on any atom is -0.493 e. The number of esters is 1. The topological polar surface area (TPSA) is 107 Å². The van der Waals surface area contributed by atoms with E-state index in [1.54, 1.807) is 18.2 Å². The number of alkyl halides is 3. The number of benzene rings is 3. The van der Waals surface area contributed by atoms with Gasteiger partial charge in [0.15, 0.2) is 25.8 Å². The van der Waals surface area contributed by atoms with Crippen molar-refractivity contribution < 1.29 is 42.1 Å². The lowest BCUT2D eigenvalue weighted by atomic mass is 9.49. The number of carbonyl (C=O) groups excluding carboxylic acids is 2. The molecule has 4 fully saturated rings. The van der Waals surface area contributed by atoms with E-state index < -0.39 is 45.0 Å². The van der Waals surface area contributed by atoms with Crippen molar-refractivity contribution in [3.8, 4) is 16.4 Å². The van der Waals surface area contributed by atoms with Crippen molar-refractivity contribution in [1.29, 1.82) is 0 Å². The second kappa shape index (κ2) is 9.88. The SMILES string of the molecule is COc1cc(C(=O)O)c(-[s+]2c3ccccc3c(=O)c3cc(C(F)(F)F)ccc32)cc1OC(=O)C12CC3CC(C1)C(=O)C(C3)C2. The van der Waals surface area contributed by atoms with Gasteiger partial charge in [-0.3, -0.25) is 14.4 Å². The predicted molar refractivity (Wildman–Crippen MR) is 157 cm³/mol. The Morgan fingerprint density at radius 2 is 1.59 bits per heavy atom. The fraction of sp³-hybridized carbons (Fsp3) is 0.333. The smallest absolute Gasteiger partial charge is 0.416 e. The molecule has 4 aromatic rings. The first-order valence-corrected chi connectivity index (χ1v) is 15.4. The second-order valence-electron chi connectivity index (χ2n) is 12.1. The summed E-state index contributed by atoms with van der Waals surface area (Å²) in [7, 11) is -0.0449. The Morgan fingerprint density at radius 3 is 2.25 bits per heavy atom. The van der Waals surface area contributed by atoms with Gasteiger partial charge < -0.3 is 14.6 Å². The van der Waals surface area contributed by atoms with Gasteiger partial charge in [-0.15, -0.1) is 0 Å². The molecule has 0 aliphatic heterocycles. The van der Waals surface area contributed by atoms with E-state index in [-0.39, 0.29) is 61.0 Å². The van der Waals surface area contributed by atoms with Crippen LogP contribution in [-0.2, 0) is 15.8 Å². The summed E-state index contributed by atoms with van der Waals surface area (Å²) in [6.07, 6.45) is -1.70. The highest BCUT2D eigenvalue weighted by atomic mass is 32.2. The summed E-state index contributed by atoms with van der Waals surface area (Å²) < 4.78 is 53.1. The summed E-state index contributed by atoms with van der Waals surface area (Å²) in [6, 6.07) is 11.9. The Bertz CT molecular complexity index is 1960. The Labute approximate surface area is 251 Å². The van der Waals surface area contributed by atoms with Crippen LogP contribution in [0.1, 0.15) is 48.0 Å². The molecule has 0 saturated heterocycles. The van der Waals surface area contributed by atoms with Crippen molar-refractivity contribution in [2.45, 2.75) is 38.3 Å². The number of hydrogen-bond donors (Lipinski definition) is 1. The predicted octanol–water partition coefficient (Wildman–Crippen LogP) is 7.12. The zero-order chi connectivity index (χ0) is 31.1. The van der Waals surface area contributed by atoms with Gasteiger partial charge in [0, 0.05) is 34.4 Å². The van der Waals surface area contributed by atoms with Crippen LogP contribution in [0.25, 0.3) is 25.1 Å². The summed E-state index contributed by atoms with van der Waals surface area (Å²) in [5.41, 5.74) is -2.63. The fourth-order valence-electron chi connectivity index (χ4n) is 7.72. The molecule has 4 aliphatic carbocycles. The number of carbonyl (C=O) groups is 3. The van der Waals surface area contributed by atoms with E-state index in [1.165, 1.54) is 31.4 Å². The molecule has 0 radical (unpaired) electrons. The zero-order valence-electron chi connectivity index (χ0n) is 23.4. The normalized spacial score (nSPS) is 24.6. The van der Waals surface area contributed by atoms with Crippen LogP contribution in [0.15, 0.2) is 59.4 Å². The maximum atomic E-state index is 13.9. The standard InChI is InChI=1S/C33H25F3O7S/c1-42-23-11-22(30(39)40)27(12-24(23)43-31(41)32-13-16-8-17(14-32)28(37)18(9-16)15-32)44-25-5-3-2-4-20(25)29(38)21-10-19(33(34,35)36)6-7-26(21)44/h2-7,10-12,16-18H,8-9,13-15H2,1H3/p+1. The minimum absolute atomic E-state index is 0.00193. The van der Waals surface area contributed by atoms with Crippen molar-refractivity contribution >= 4 is 48.4 Å². The molecule has 44 heavy (non-hydrogen) atoms. The van der Waals surface area contributed by atoms with Crippen molar-refractivity contribution in [1.82, 2.24) is 0 Å². The van der Waals surface area contributed by atoms with Crippen LogP contribution in [0, 0.1) is 23.2 Å². The highest BCUT2D eigenvalue weighted by Gasteiger charge is 2.59. The molecule has 4 saturated carbocycles. The summed E-state index contributed by atoms with van der Waals surface area (Å²) in [6.45, 7) is 0. The highest BCUT2D eigenvalue weighted by Crippen LogP contribution is 2.59. The van der Waals surface area contributed by atoms with Crippen LogP contribution in [0.3, 0.4) is 0 Å². The highest BCUT2D eigenvalue weighted by molar-refractivity contribution is 7.49. The first-order valence-electron chi connectivity index (χ1n) is 14.2. The number of Topliss-reactive ketones (excluding diaryl/α,β-unsaturated/α-hetero) is 1. The first-order chi connectivity index (χ1) is 20.9. The number of methoxy groups -OCH3 is 1. The fourth-order valence-corrected chi connectivity index (χ4v) is 10.2. The Kier molecular flexibility index (Phi) is 6.41. The minimum atomic E-state index is -4.69. The molecular weight excluding hydrogens is 597 g/mol. The van der Waals surface area contributed by atoms with Crippen LogP contribution < -0.4 is 14.9 Å². The third-order valence-electron chi connectivity index (χ3n) is 9.47. The average Bonchev–Trinajstić information content (AvgIpc) is 2.99. The van der Waals surface area contributed by atoms with Gasteiger partial charge in [-0.1, -0.05) is 12.1 Å². The van der Waals surface area contributed by atoms with Gasteiger partial charge in [-0.2, -0.15) is 13.2 Å². The van der Waals surface area contributed by atoms with Crippen molar-refractivity contribution in [2.75, 3.05) is 7.11 Å². The molecular formula is C33H26F3O7S+.